The highest BCUT2D eigenvalue weighted by atomic mass is 16.2. The molecule has 1 aliphatic rings. The Balaban J connectivity index is 1.65. The van der Waals surface area contributed by atoms with Gasteiger partial charge in [-0.1, -0.05) is 66.7 Å². The van der Waals surface area contributed by atoms with Crippen LogP contribution in [0.4, 0.5) is 5.69 Å². The minimum Gasteiger partial charge on any atom is -0.301 e. The third-order valence-corrected chi connectivity index (χ3v) is 5.55. The highest BCUT2D eigenvalue weighted by molar-refractivity contribution is 6.36. The van der Waals surface area contributed by atoms with E-state index in [1.54, 1.807) is 6.20 Å². The predicted molar refractivity (Wildman–Crippen MR) is 118 cm³/mol. The second kappa shape index (κ2) is 7.02. The molecule has 0 radical (unpaired) electrons. The largest absolute Gasteiger partial charge is 0.301 e. The van der Waals surface area contributed by atoms with Gasteiger partial charge in [0.2, 0.25) is 0 Å². The molecule has 0 saturated heterocycles. The number of amides is 1. The Bertz CT molecular complexity index is 1240. The molecule has 140 valence electrons. The van der Waals surface area contributed by atoms with Crippen molar-refractivity contribution in [2.45, 2.75) is 13.0 Å². The topological polar surface area (TPSA) is 33.2 Å². The average molecular weight is 376 g/mol. The number of anilines is 1. The molecule has 1 atom stereocenters. The summed E-state index contributed by atoms with van der Waals surface area (Å²) >= 11 is 0. The quantitative estimate of drug-likeness (QED) is 0.418. The van der Waals surface area contributed by atoms with Crippen LogP contribution in [0.1, 0.15) is 29.7 Å². The molecule has 1 aromatic heterocycles. The number of carbonyl (C=O) groups is 1. The van der Waals surface area contributed by atoms with Crippen molar-refractivity contribution in [2.75, 3.05) is 4.90 Å². The minimum absolute atomic E-state index is 0.0310. The van der Waals surface area contributed by atoms with E-state index in [2.05, 4.69) is 24.0 Å². The first-order valence-corrected chi connectivity index (χ1v) is 9.77. The van der Waals surface area contributed by atoms with E-state index in [0.29, 0.717) is 0 Å². The molecule has 0 bridgehead atoms. The number of hydrogen-bond donors (Lipinski definition) is 0. The molecule has 5 rings (SSSR count). The zero-order valence-corrected chi connectivity index (χ0v) is 16.1. The van der Waals surface area contributed by atoms with E-state index in [1.165, 1.54) is 0 Å². The van der Waals surface area contributed by atoms with Crippen LogP contribution in [0, 0.1) is 0 Å². The van der Waals surface area contributed by atoms with Crippen LogP contribution in [0.3, 0.4) is 0 Å². The summed E-state index contributed by atoms with van der Waals surface area (Å²) < 4.78 is 0. The molecule has 3 aromatic carbocycles. The first kappa shape index (κ1) is 17.4. The molecule has 29 heavy (non-hydrogen) atoms. The molecule has 1 unspecified atom stereocenters. The summed E-state index contributed by atoms with van der Waals surface area (Å²) in [6, 6.07) is 28.1. The second-order valence-electron chi connectivity index (χ2n) is 7.25. The lowest BCUT2D eigenvalue weighted by Crippen LogP contribution is -2.29. The molecule has 0 saturated carbocycles. The Morgan fingerprint density at radius 2 is 1.59 bits per heavy atom. The molecule has 0 spiro atoms. The van der Waals surface area contributed by atoms with Crippen LogP contribution >= 0.6 is 0 Å². The Hall–Kier alpha value is -3.72. The van der Waals surface area contributed by atoms with Crippen molar-refractivity contribution in [1.29, 1.82) is 0 Å². The Kier molecular flexibility index (Phi) is 4.21. The van der Waals surface area contributed by atoms with E-state index in [0.717, 1.165) is 38.9 Å². The summed E-state index contributed by atoms with van der Waals surface area (Å²) in [6.45, 7) is 2.08. The minimum atomic E-state index is -0.0510. The van der Waals surface area contributed by atoms with Crippen LogP contribution in [0.5, 0.6) is 0 Å². The highest BCUT2D eigenvalue weighted by Crippen LogP contribution is 2.42. The van der Waals surface area contributed by atoms with E-state index in [1.807, 2.05) is 83.8 Å². The van der Waals surface area contributed by atoms with E-state index >= 15 is 0 Å². The van der Waals surface area contributed by atoms with Crippen LogP contribution < -0.4 is 4.90 Å². The van der Waals surface area contributed by atoms with Gasteiger partial charge in [-0.25, -0.2) is 0 Å². The third kappa shape index (κ3) is 2.92. The lowest BCUT2D eigenvalue weighted by Gasteiger charge is -2.25. The van der Waals surface area contributed by atoms with Crippen molar-refractivity contribution >= 4 is 34.1 Å². The monoisotopic (exact) mass is 376 g/mol. The van der Waals surface area contributed by atoms with E-state index in [9.17, 15) is 4.79 Å². The Labute approximate surface area is 169 Å². The van der Waals surface area contributed by atoms with Gasteiger partial charge in [0.25, 0.3) is 5.91 Å². The molecule has 3 nitrogen and oxygen atoms in total. The number of pyridine rings is 1. The number of hydrogen-bond acceptors (Lipinski definition) is 2. The first-order valence-electron chi connectivity index (χ1n) is 9.77. The van der Waals surface area contributed by atoms with Gasteiger partial charge >= 0.3 is 0 Å². The van der Waals surface area contributed by atoms with Crippen molar-refractivity contribution in [3.8, 4) is 0 Å². The van der Waals surface area contributed by atoms with Crippen LogP contribution in [-0.2, 0) is 4.79 Å². The molecule has 0 aliphatic carbocycles. The maximum atomic E-state index is 13.6. The van der Waals surface area contributed by atoms with Gasteiger partial charge in [0.05, 0.1) is 17.2 Å². The standard InChI is InChI=1S/C26H20N2O/c1-18(19-9-3-2-4-10-19)28-25-14-8-6-12-22(25)23(26(28)29)17-20-15-16-27-24-13-7-5-11-21(20)24/h2-18H,1H3/b23-17-. The Morgan fingerprint density at radius 3 is 2.45 bits per heavy atom. The predicted octanol–water partition coefficient (Wildman–Crippen LogP) is 5.88. The molecular weight excluding hydrogens is 356 g/mol. The van der Waals surface area contributed by atoms with Gasteiger partial charge in [0, 0.05) is 22.7 Å². The summed E-state index contributed by atoms with van der Waals surface area (Å²) in [5.41, 5.74) is 5.70. The van der Waals surface area contributed by atoms with Crippen LogP contribution in [0.15, 0.2) is 91.1 Å². The number of aromatic nitrogens is 1. The van der Waals surface area contributed by atoms with Gasteiger partial charge in [-0.2, -0.15) is 0 Å². The molecule has 1 aliphatic heterocycles. The van der Waals surface area contributed by atoms with Gasteiger partial charge in [0.15, 0.2) is 0 Å². The molecule has 4 aromatic rings. The fraction of sp³-hybridized carbons (Fsp3) is 0.0769. The number of benzene rings is 3. The van der Waals surface area contributed by atoms with Crippen LogP contribution in [-0.4, -0.2) is 10.9 Å². The fourth-order valence-corrected chi connectivity index (χ4v) is 4.07. The number of para-hydroxylation sites is 2. The zero-order valence-electron chi connectivity index (χ0n) is 16.1. The van der Waals surface area contributed by atoms with E-state index in [-0.39, 0.29) is 11.9 Å². The van der Waals surface area contributed by atoms with Gasteiger partial charge in [0.1, 0.15) is 0 Å². The molecule has 0 fully saturated rings. The number of rotatable bonds is 3. The fourth-order valence-electron chi connectivity index (χ4n) is 4.07. The van der Waals surface area contributed by atoms with Gasteiger partial charge in [-0.3, -0.25) is 9.78 Å². The van der Waals surface area contributed by atoms with Crippen molar-refractivity contribution < 1.29 is 4.79 Å². The number of carbonyl (C=O) groups excluding carboxylic acids is 1. The van der Waals surface area contributed by atoms with Gasteiger partial charge < -0.3 is 4.90 Å². The summed E-state index contributed by atoms with van der Waals surface area (Å²) in [7, 11) is 0. The van der Waals surface area contributed by atoms with Crippen molar-refractivity contribution in [2.24, 2.45) is 0 Å². The van der Waals surface area contributed by atoms with Crippen LogP contribution in [0.2, 0.25) is 0 Å². The summed E-state index contributed by atoms with van der Waals surface area (Å²) in [5, 5.41) is 1.04. The van der Waals surface area contributed by atoms with Crippen molar-refractivity contribution in [1.82, 2.24) is 4.98 Å². The smallest absolute Gasteiger partial charge is 0.259 e. The molecule has 3 heteroatoms. The normalized spacial score (nSPS) is 15.7. The third-order valence-electron chi connectivity index (χ3n) is 5.55. The first-order chi connectivity index (χ1) is 14.2. The van der Waals surface area contributed by atoms with Gasteiger partial charge in [-0.05, 0) is 42.3 Å². The lowest BCUT2D eigenvalue weighted by molar-refractivity contribution is -0.113. The molecule has 2 heterocycles. The zero-order chi connectivity index (χ0) is 19.8. The highest BCUT2D eigenvalue weighted by Gasteiger charge is 2.35. The number of nitrogens with zero attached hydrogens (tertiary/aromatic N) is 2. The molecule has 0 N–H and O–H groups in total. The van der Waals surface area contributed by atoms with Crippen molar-refractivity contribution in [3.63, 3.8) is 0 Å². The maximum Gasteiger partial charge on any atom is 0.259 e. The summed E-state index contributed by atoms with van der Waals surface area (Å²) in [5.74, 6) is 0.0310. The maximum absolute atomic E-state index is 13.6. The molecule has 1 amide bonds. The second-order valence-corrected chi connectivity index (χ2v) is 7.25. The lowest BCUT2D eigenvalue weighted by atomic mass is 10.0. The average Bonchev–Trinajstić information content (AvgIpc) is 3.05. The SMILES string of the molecule is CC(c1ccccc1)N1C(=O)/C(=C\c2ccnc3ccccc23)c2ccccc21. The summed E-state index contributed by atoms with van der Waals surface area (Å²) in [4.78, 5) is 19.9. The van der Waals surface area contributed by atoms with E-state index in [4.69, 9.17) is 0 Å². The van der Waals surface area contributed by atoms with Gasteiger partial charge in [-0.15, -0.1) is 0 Å². The van der Waals surface area contributed by atoms with Crippen molar-refractivity contribution in [3.05, 3.63) is 108 Å². The molecular formula is C26H20N2O. The van der Waals surface area contributed by atoms with E-state index < -0.39 is 0 Å². The summed E-state index contributed by atoms with van der Waals surface area (Å²) in [6.07, 6.45) is 3.80. The Morgan fingerprint density at radius 1 is 0.862 bits per heavy atom. The number of fused-ring (bicyclic) bond motifs is 2. The van der Waals surface area contributed by atoms with Crippen LogP contribution in [0.25, 0.3) is 22.6 Å².